The molecule has 0 spiro atoms. The van der Waals surface area contributed by atoms with Crippen LogP contribution in [0.25, 0.3) is 0 Å². The predicted molar refractivity (Wildman–Crippen MR) is 73.5 cm³/mol. The molecule has 2 atom stereocenters. The highest BCUT2D eigenvalue weighted by Crippen LogP contribution is 2.10. The molecule has 1 aromatic rings. The average molecular weight is 295 g/mol. The second-order valence-corrected chi connectivity index (χ2v) is 5.16. The van der Waals surface area contributed by atoms with Crippen molar-refractivity contribution in [2.75, 3.05) is 13.2 Å². The summed E-state index contributed by atoms with van der Waals surface area (Å²) in [6.07, 6.45) is 3.21. The first-order valence-corrected chi connectivity index (χ1v) is 6.90. The fourth-order valence-electron chi connectivity index (χ4n) is 2.12. The molecule has 0 bridgehead atoms. The van der Waals surface area contributed by atoms with Crippen LogP contribution in [-0.2, 0) is 29.1 Å². The van der Waals surface area contributed by atoms with Crippen molar-refractivity contribution >= 4 is 0 Å². The van der Waals surface area contributed by atoms with Crippen molar-refractivity contribution in [1.29, 1.82) is 0 Å². The number of hydrogen-bond acceptors (Lipinski definition) is 5. The zero-order valence-corrected chi connectivity index (χ0v) is 11.7. The van der Waals surface area contributed by atoms with Gasteiger partial charge < -0.3 is 9.47 Å². The number of aromatic nitrogens is 3. The monoisotopic (exact) mass is 295 g/mol. The van der Waals surface area contributed by atoms with Gasteiger partial charge in [-0.05, 0) is 6.92 Å². The van der Waals surface area contributed by atoms with Crippen molar-refractivity contribution in [2.45, 2.75) is 38.8 Å². The highest BCUT2D eigenvalue weighted by atomic mass is 16.6. The molecule has 2 unspecified atom stereocenters. The van der Waals surface area contributed by atoms with Crippen LogP contribution in [-0.4, -0.2) is 39.1 Å². The normalized spacial score (nSPS) is 23.7. The topological polar surface area (TPSA) is 91.1 Å². The molecule has 3 rings (SSSR count). The number of rotatable bonds is 6. The minimum Gasteiger partial charge on any atom is -0.371 e. The molecule has 0 amide bonds. The number of epoxide rings is 2. The summed E-state index contributed by atoms with van der Waals surface area (Å²) >= 11 is 0. The maximum atomic E-state index is 12.3. The van der Waals surface area contributed by atoms with E-state index in [9.17, 15) is 14.4 Å². The molecule has 8 nitrogen and oxygen atoms in total. The molecule has 0 aliphatic carbocycles. The first kappa shape index (κ1) is 14.0. The van der Waals surface area contributed by atoms with Gasteiger partial charge in [0.2, 0.25) is 0 Å². The van der Waals surface area contributed by atoms with Crippen LogP contribution < -0.4 is 17.1 Å². The van der Waals surface area contributed by atoms with Crippen molar-refractivity contribution in [2.24, 2.45) is 0 Å². The Morgan fingerprint density at radius 3 is 1.76 bits per heavy atom. The summed E-state index contributed by atoms with van der Waals surface area (Å²) in [7, 11) is 0. The zero-order chi connectivity index (χ0) is 15.0. The minimum absolute atomic E-state index is 0.117. The molecular formula is C13H17N3O5. The van der Waals surface area contributed by atoms with Crippen molar-refractivity contribution in [3.8, 4) is 0 Å². The molecule has 8 heteroatoms. The summed E-state index contributed by atoms with van der Waals surface area (Å²) < 4.78 is 13.4. The minimum atomic E-state index is -0.591. The van der Waals surface area contributed by atoms with Gasteiger partial charge in [-0.1, -0.05) is 12.2 Å². The quantitative estimate of drug-likeness (QED) is 0.473. The van der Waals surface area contributed by atoms with Gasteiger partial charge in [0.25, 0.3) is 0 Å². The summed E-state index contributed by atoms with van der Waals surface area (Å²) in [5, 5.41) is 0. The molecule has 21 heavy (non-hydrogen) atoms. The van der Waals surface area contributed by atoms with Crippen molar-refractivity contribution in [3.63, 3.8) is 0 Å². The van der Waals surface area contributed by atoms with Crippen molar-refractivity contribution in [3.05, 3.63) is 43.6 Å². The van der Waals surface area contributed by atoms with Gasteiger partial charge in [-0.25, -0.2) is 28.1 Å². The van der Waals surface area contributed by atoms with Gasteiger partial charge >= 0.3 is 17.1 Å². The van der Waals surface area contributed by atoms with Crippen LogP contribution in [0, 0.1) is 0 Å². The van der Waals surface area contributed by atoms with Crippen molar-refractivity contribution in [1.82, 2.24) is 13.7 Å². The Labute approximate surface area is 119 Å². The highest BCUT2D eigenvalue weighted by Gasteiger charge is 2.29. The second kappa shape index (κ2) is 5.45. The molecule has 3 heterocycles. The van der Waals surface area contributed by atoms with Crippen LogP contribution >= 0.6 is 0 Å². The maximum Gasteiger partial charge on any atom is 0.336 e. The van der Waals surface area contributed by atoms with Crippen LogP contribution in [0.5, 0.6) is 0 Å². The van der Waals surface area contributed by atoms with E-state index in [-0.39, 0.29) is 31.8 Å². The smallest absolute Gasteiger partial charge is 0.336 e. The van der Waals surface area contributed by atoms with E-state index in [2.05, 4.69) is 0 Å². The lowest BCUT2D eigenvalue weighted by atomic mass is 10.4. The second-order valence-electron chi connectivity index (χ2n) is 5.16. The maximum absolute atomic E-state index is 12.3. The molecule has 2 aliphatic heterocycles. The van der Waals surface area contributed by atoms with Crippen LogP contribution in [0.3, 0.4) is 0 Å². The molecule has 0 N–H and O–H groups in total. The van der Waals surface area contributed by atoms with Crippen molar-refractivity contribution < 1.29 is 9.47 Å². The SMILES string of the molecule is CC=CCn1c(=O)n(CC2CO2)c(=O)n(CC2CO2)c1=O. The van der Waals surface area contributed by atoms with E-state index >= 15 is 0 Å². The standard InChI is InChI=1S/C13H17N3O5/c1-2-3-4-14-11(17)15(5-9-7-20-9)13(19)16(12(14)18)6-10-8-21-10/h2-3,9-10H,4-8H2,1H3. The van der Waals surface area contributed by atoms with Gasteiger partial charge in [0.15, 0.2) is 0 Å². The van der Waals surface area contributed by atoms with E-state index in [0.717, 1.165) is 13.7 Å². The predicted octanol–water partition coefficient (Wildman–Crippen LogP) is -1.45. The van der Waals surface area contributed by atoms with Crippen LogP contribution in [0.15, 0.2) is 26.5 Å². The fraction of sp³-hybridized carbons (Fsp3) is 0.615. The Balaban J connectivity index is 2.10. The summed E-state index contributed by atoms with van der Waals surface area (Å²) in [4.78, 5) is 37.0. The van der Waals surface area contributed by atoms with Crippen LogP contribution in [0.4, 0.5) is 0 Å². The Hall–Kier alpha value is -1.93. The van der Waals surface area contributed by atoms with E-state index in [1.165, 1.54) is 0 Å². The summed E-state index contributed by atoms with van der Waals surface area (Å²) in [6.45, 7) is 3.37. The molecule has 0 saturated carbocycles. The molecule has 2 fully saturated rings. The number of nitrogens with zero attached hydrogens (tertiary/aromatic N) is 3. The third-order valence-corrected chi connectivity index (χ3v) is 3.49. The third-order valence-electron chi connectivity index (χ3n) is 3.49. The van der Waals surface area contributed by atoms with Gasteiger partial charge in [-0.2, -0.15) is 0 Å². The van der Waals surface area contributed by atoms with Crippen LogP contribution in [0.1, 0.15) is 6.92 Å². The van der Waals surface area contributed by atoms with E-state index in [0.29, 0.717) is 13.2 Å². The molecule has 2 saturated heterocycles. The van der Waals surface area contributed by atoms with Gasteiger partial charge in [-0.3, -0.25) is 0 Å². The van der Waals surface area contributed by atoms with Gasteiger partial charge in [0, 0.05) is 0 Å². The average Bonchev–Trinajstić information content (AvgIpc) is 3.35. The highest BCUT2D eigenvalue weighted by molar-refractivity contribution is 4.87. The lowest BCUT2D eigenvalue weighted by molar-refractivity contribution is 0.343. The molecule has 2 aliphatic rings. The van der Waals surface area contributed by atoms with E-state index in [4.69, 9.17) is 9.47 Å². The molecule has 0 radical (unpaired) electrons. The Morgan fingerprint density at radius 1 is 0.952 bits per heavy atom. The van der Waals surface area contributed by atoms with Gasteiger partial charge in [0.05, 0.1) is 45.1 Å². The number of allylic oxidation sites excluding steroid dienone is 2. The molecule has 0 aromatic carbocycles. The lowest BCUT2D eigenvalue weighted by Gasteiger charge is -2.11. The Morgan fingerprint density at radius 2 is 1.38 bits per heavy atom. The van der Waals surface area contributed by atoms with Gasteiger partial charge in [0.1, 0.15) is 0 Å². The Kier molecular flexibility index (Phi) is 3.64. The van der Waals surface area contributed by atoms with E-state index in [1.807, 2.05) is 0 Å². The summed E-state index contributed by atoms with van der Waals surface area (Å²) in [5.74, 6) is 0. The Bertz CT molecular complexity index is 681. The number of hydrogen-bond donors (Lipinski definition) is 0. The largest absolute Gasteiger partial charge is 0.371 e. The zero-order valence-electron chi connectivity index (χ0n) is 11.7. The third kappa shape index (κ3) is 2.91. The summed E-state index contributed by atoms with van der Waals surface area (Å²) in [6, 6.07) is 0. The first-order valence-electron chi connectivity index (χ1n) is 6.90. The summed E-state index contributed by atoms with van der Waals surface area (Å²) in [5.41, 5.74) is -1.77. The number of ether oxygens (including phenoxy) is 2. The first-order chi connectivity index (χ1) is 10.1. The molecule has 114 valence electrons. The molecule has 1 aromatic heterocycles. The van der Waals surface area contributed by atoms with E-state index in [1.54, 1.807) is 19.1 Å². The van der Waals surface area contributed by atoms with Gasteiger partial charge in [-0.15, -0.1) is 0 Å². The van der Waals surface area contributed by atoms with E-state index < -0.39 is 17.1 Å². The lowest BCUT2D eigenvalue weighted by Crippen LogP contribution is -2.55. The fourth-order valence-corrected chi connectivity index (χ4v) is 2.12. The van der Waals surface area contributed by atoms with Crippen LogP contribution in [0.2, 0.25) is 0 Å². The molecular weight excluding hydrogens is 278 g/mol.